The molecule has 0 aromatic heterocycles. The second-order valence-electron chi connectivity index (χ2n) is 16.5. The average molecular weight is 911 g/mol. The van der Waals surface area contributed by atoms with Crippen LogP contribution in [0.4, 0.5) is 10.5 Å². The van der Waals surface area contributed by atoms with E-state index in [1.165, 1.54) is 18.2 Å². The number of aliphatic hydroxyl groups is 3. The molecule has 4 N–H and O–H groups in total. The summed E-state index contributed by atoms with van der Waals surface area (Å²) in [5.41, 5.74) is 3.61. The first kappa shape index (κ1) is 49.5. The van der Waals surface area contributed by atoms with Gasteiger partial charge in [-0.1, -0.05) is 60.5 Å². The first-order valence-electron chi connectivity index (χ1n) is 22.8. The SMILES string of the molecule is C=CCO[C@@]12Oc3ccc(OC(=O)NCc4ccccc4)cc3[C@H]3[C@H](CCCCO)[C@@H](CCCCO)C=C(C(=NOCC)C[C@@H]1N(CCOCCO)C(=O)C=Cc1ccc([N+](=O)[O-])cc1)[C@H]32. The molecule has 354 valence electrons. The first-order valence-corrected chi connectivity index (χ1v) is 22.8. The van der Waals surface area contributed by atoms with Crippen molar-refractivity contribution >= 4 is 29.5 Å². The van der Waals surface area contributed by atoms with Gasteiger partial charge in [0.15, 0.2) is 0 Å². The number of benzene rings is 3. The largest absolute Gasteiger partial charge is 0.459 e. The average Bonchev–Trinajstić information content (AvgIpc) is 3.33. The molecule has 0 radical (unpaired) electrons. The van der Waals surface area contributed by atoms with Crippen LogP contribution in [0.5, 0.6) is 11.5 Å². The highest BCUT2D eigenvalue weighted by Crippen LogP contribution is 2.62. The molecule has 66 heavy (non-hydrogen) atoms. The number of carbonyl (C=O) groups is 2. The molecule has 0 unspecified atom stereocenters. The quantitative estimate of drug-likeness (QED) is 0.0221. The fourth-order valence-electron chi connectivity index (χ4n) is 9.49. The summed E-state index contributed by atoms with van der Waals surface area (Å²) in [6.45, 7) is 6.42. The minimum Gasteiger partial charge on any atom is -0.459 e. The van der Waals surface area contributed by atoms with Crippen molar-refractivity contribution in [3.05, 3.63) is 130 Å². The van der Waals surface area contributed by atoms with Crippen molar-refractivity contribution in [2.24, 2.45) is 22.9 Å². The number of carbonyl (C=O) groups excluding carboxylic acids is 2. The van der Waals surface area contributed by atoms with E-state index >= 15 is 0 Å². The lowest BCUT2D eigenvalue weighted by molar-refractivity contribution is -0.384. The molecule has 3 aliphatic rings. The molecular weight excluding hydrogens is 849 g/mol. The Bertz CT molecular complexity index is 2180. The molecule has 0 spiro atoms. The van der Waals surface area contributed by atoms with E-state index in [1.807, 2.05) is 43.3 Å². The van der Waals surface area contributed by atoms with Crippen molar-refractivity contribution in [2.45, 2.75) is 76.2 Å². The maximum absolute atomic E-state index is 14.8. The van der Waals surface area contributed by atoms with Crippen LogP contribution < -0.4 is 14.8 Å². The van der Waals surface area contributed by atoms with Crippen LogP contribution in [0.3, 0.4) is 0 Å². The van der Waals surface area contributed by atoms with Gasteiger partial charge in [-0.15, -0.1) is 6.58 Å². The highest BCUT2D eigenvalue weighted by molar-refractivity contribution is 6.03. The van der Waals surface area contributed by atoms with Crippen LogP contribution in [-0.2, 0) is 25.7 Å². The Kier molecular flexibility index (Phi) is 18.4. The Morgan fingerprint density at radius 2 is 1.76 bits per heavy atom. The fraction of sp³-hybridized carbons (Fsp3) is 0.460. The van der Waals surface area contributed by atoms with E-state index in [2.05, 4.69) is 18.0 Å². The second kappa shape index (κ2) is 24.6. The lowest BCUT2D eigenvalue weighted by Crippen LogP contribution is -2.70. The Morgan fingerprint density at radius 3 is 2.45 bits per heavy atom. The molecule has 1 saturated carbocycles. The summed E-state index contributed by atoms with van der Waals surface area (Å²) in [4.78, 5) is 46.4. The molecule has 3 aromatic rings. The van der Waals surface area contributed by atoms with Gasteiger partial charge in [-0.25, -0.2) is 4.79 Å². The van der Waals surface area contributed by atoms with E-state index in [1.54, 1.807) is 41.3 Å². The van der Waals surface area contributed by atoms with Gasteiger partial charge < -0.3 is 49.3 Å². The Morgan fingerprint density at radius 1 is 1.00 bits per heavy atom. The normalized spacial score (nSPS) is 22.4. The molecule has 3 aromatic carbocycles. The molecule has 6 atom stereocenters. The van der Waals surface area contributed by atoms with Crippen molar-refractivity contribution in [3.63, 3.8) is 0 Å². The number of oxime groups is 1. The number of ether oxygens (including phenoxy) is 4. The molecule has 1 heterocycles. The topological polar surface area (TPSA) is 212 Å². The van der Waals surface area contributed by atoms with Crippen LogP contribution in [0, 0.1) is 27.9 Å². The molecule has 1 aliphatic heterocycles. The zero-order chi connectivity index (χ0) is 46.9. The highest BCUT2D eigenvalue weighted by Gasteiger charge is 2.65. The maximum atomic E-state index is 14.8. The molecule has 6 rings (SSSR count). The van der Waals surface area contributed by atoms with E-state index in [4.69, 9.17) is 28.9 Å². The molecule has 2 aliphatic carbocycles. The lowest BCUT2D eigenvalue weighted by Gasteiger charge is -2.60. The van der Waals surface area contributed by atoms with E-state index in [0.717, 1.165) is 29.5 Å². The maximum Gasteiger partial charge on any atom is 0.412 e. The highest BCUT2D eigenvalue weighted by atomic mass is 16.7. The van der Waals surface area contributed by atoms with Crippen LogP contribution in [0.1, 0.15) is 74.5 Å². The van der Waals surface area contributed by atoms with Crippen LogP contribution >= 0.6 is 0 Å². The number of nitro benzene ring substituents is 1. The van der Waals surface area contributed by atoms with Gasteiger partial charge >= 0.3 is 6.09 Å². The Balaban J connectivity index is 1.51. The van der Waals surface area contributed by atoms with Crippen LogP contribution in [0.25, 0.3) is 6.08 Å². The smallest absolute Gasteiger partial charge is 0.412 e. The van der Waals surface area contributed by atoms with Gasteiger partial charge in [0.1, 0.15) is 24.1 Å². The summed E-state index contributed by atoms with van der Waals surface area (Å²) in [6, 6.07) is 19.8. The monoisotopic (exact) mass is 910 g/mol. The standard InChI is InChI=1S/C50H62N4O12/c1-3-28-63-50-45(53(24-29-62-30-27-57)46(58)23-18-35-16-19-38(20-17-35)54(60)61)33-43(52-64-4-2)41-31-37(14-8-10-25-55)40(15-9-11-26-56)47(48(41)50)42-32-39(21-22-44(42)66-50)65-49(59)51-34-36-12-6-5-7-13-36/h3,5-7,12-13,16-23,31-32,37,40,45,47-48,55-57H,1,4,8-11,14-15,24-30,33-34H2,2H3,(H,51,59)/t37-,40+,45-,47+,48+,50+/m0/s1. The Labute approximate surface area is 385 Å². The zero-order valence-corrected chi connectivity index (χ0v) is 37.5. The van der Waals surface area contributed by atoms with Crippen LogP contribution in [0.15, 0.2) is 108 Å². The summed E-state index contributed by atoms with van der Waals surface area (Å²) >= 11 is 0. The van der Waals surface area contributed by atoms with Crippen molar-refractivity contribution in [2.75, 3.05) is 52.8 Å². The number of unbranched alkanes of at least 4 members (excludes halogenated alkanes) is 2. The lowest BCUT2D eigenvalue weighted by atomic mass is 9.55. The molecule has 2 amide bonds. The number of hydrogen-bond donors (Lipinski definition) is 4. The van der Waals surface area contributed by atoms with Gasteiger partial charge in [0, 0.05) is 62.4 Å². The van der Waals surface area contributed by atoms with Gasteiger partial charge in [-0.2, -0.15) is 0 Å². The van der Waals surface area contributed by atoms with Crippen LogP contribution in [0.2, 0.25) is 0 Å². The number of aliphatic hydroxyl groups excluding tert-OH is 3. The predicted octanol–water partition coefficient (Wildman–Crippen LogP) is 7.09. The third-order valence-corrected chi connectivity index (χ3v) is 12.3. The molecular formula is C50H62N4O12. The van der Waals surface area contributed by atoms with Gasteiger partial charge in [-0.3, -0.25) is 14.9 Å². The van der Waals surface area contributed by atoms with Crippen LogP contribution in [-0.4, -0.2) is 107 Å². The number of non-ortho nitro benzene ring substituents is 1. The fourth-order valence-corrected chi connectivity index (χ4v) is 9.49. The van der Waals surface area contributed by atoms with Crippen molar-refractivity contribution < 1.29 is 53.6 Å². The molecule has 0 bridgehead atoms. The third kappa shape index (κ3) is 12.1. The summed E-state index contributed by atoms with van der Waals surface area (Å²) in [7, 11) is 0. The number of nitro groups is 1. The van der Waals surface area contributed by atoms with Crippen molar-refractivity contribution in [1.29, 1.82) is 0 Å². The molecule has 16 heteroatoms. The minimum absolute atomic E-state index is 0.0223. The number of fused-ring (bicyclic) bond motifs is 2. The van der Waals surface area contributed by atoms with E-state index < -0.39 is 34.7 Å². The summed E-state index contributed by atoms with van der Waals surface area (Å²) < 4.78 is 26.0. The molecule has 1 fully saturated rings. The summed E-state index contributed by atoms with van der Waals surface area (Å²) in [5, 5.41) is 48.3. The number of nitrogens with one attached hydrogen (secondary N) is 1. The van der Waals surface area contributed by atoms with Crippen molar-refractivity contribution in [3.8, 4) is 11.5 Å². The van der Waals surface area contributed by atoms with Gasteiger partial charge in [-0.05, 0) is 97.6 Å². The van der Waals surface area contributed by atoms with E-state index in [9.17, 15) is 35.0 Å². The third-order valence-electron chi connectivity index (χ3n) is 12.3. The van der Waals surface area contributed by atoms with Gasteiger partial charge in [0.25, 0.3) is 5.69 Å². The second-order valence-corrected chi connectivity index (χ2v) is 16.5. The minimum atomic E-state index is -1.57. The van der Waals surface area contributed by atoms with Crippen molar-refractivity contribution in [1.82, 2.24) is 10.2 Å². The van der Waals surface area contributed by atoms with E-state index in [0.29, 0.717) is 48.5 Å². The van der Waals surface area contributed by atoms with E-state index in [-0.39, 0.29) is 89.2 Å². The predicted molar refractivity (Wildman–Crippen MR) is 248 cm³/mol. The molecule has 16 nitrogen and oxygen atoms in total. The van der Waals surface area contributed by atoms with Gasteiger partial charge in [0.2, 0.25) is 11.7 Å². The summed E-state index contributed by atoms with van der Waals surface area (Å²) in [6.07, 6.45) is 10.5. The first-order chi connectivity index (χ1) is 32.2. The number of nitrogens with zero attached hydrogens (tertiary/aromatic N) is 3. The molecule has 0 saturated heterocycles. The number of allylic oxidation sites excluding steroid dienone is 1. The summed E-state index contributed by atoms with van der Waals surface area (Å²) in [5.74, 6) is -2.32. The number of hydrogen-bond acceptors (Lipinski definition) is 13. The van der Waals surface area contributed by atoms with Gasteiger partial charge in [0.05, 0.1) is 43.0 Å². The number of amides is 2. The Hall–Kier alpha value is -5.91. The zero-order valence-electron chi connectivity index (χ0n) is 37.5. The number of rotatable bonds is 25.